The number of thiazole rings is 1. The summed E-state index contributed by atoms with van der Waals surface area (Å²) in [7, 11) is 0. The third-order valence-electron chi connectivity index (χ3n) is 4.99. The lowest BCUT2D eigenvalue weighted by atomic mass is 10.0. The molecule has 1 amide bonds. The van der Waals surface area contributed by atoms with Crippen LogP contribution in [0.15, 0.2) is 77.5 Å². The molecule has 0 saturated carbocycles. The molecule has 2 aromatic carbocycles. The van der Waals surface area contributed by atoms with Crippen molar-refractivity contribution in [2.24, 2.45) is 0 Å². The highest BCUT2D eigenvalue weighted by atomic mass is 32.2. The van der Waals surface area contributed by atoms with Crippen molar-refractivity contribution in [1.29, 1.82) is 0 Å². The molecule has 0 aliphatic rings. The predicted octanol–water partition coefficient (Wildman–Crippen LogP) is 6.44. The Bertz CT molecular complexity index is 1110. The molecular formula is C24H23N3O2S3. The van der Waals surface area contributed by atoms with E-state index in [1.165, 1.54) is 0 Å². The van der Waals surface area contributed by atoms with E-state index < -0.39 is 0 Å². The number of carbonyl (C=O) groups excluding carboxylic acids is 1. The molecule has 0 spiro atoms. The number of rotatable bonds is 10. The van der Waals surface area contributed by atoms with Crippen LogP contribution in [0, 0.1) is 0 Å². The Kier molecular flexibility index (Phi) is 7.95. The van der Waals surface area contributed by atoms with Crippen molar-refractivity contribution in [1.82, 2.24) is 10.3 Å². The highest BCUT2D eigenvalue weighted by Crippen LogP contribution is 2.31. The molecule has 0 radical (unpaired) electrons. The molecule has 1 atom stereocenters. The Morgan fingerprint density at radius 3 is 2.53 bits per heavy atom. The number of thiophene rings is 1. The standard InChI is InChI=1S/C24H23N3O2S3/c28-23(13-10-17-5-2-1-3-6-17)25-20(15-18-8-11-19(12-9-18)27-32-29)21-16-31-24(26-21)22-7-4-14-30-22/h1-9,11-12,14,16,20,27,29H,10,13,15H2,(H,25,28). The number of hydrogen-bond donors (Lipinski definition) is 3. The highest BCUT2D eigenvalue weighted by Gasteiger charge is 2.19. The van der Waals surface area contributed by atoms with E-state index in [0.717, 1.165) is 32.4 Å². The van der Waals surface area contributed by atoms with Gasteiger partial charge in [0.25, 0.3) is 0 Å². The summed E-state index contributed by atoms with van der Waals surface area (Å²) in [6.45, 7) is 0. The van der Waals surface area contributed by atoms with Crippen LogP contribution in [0.1, 0.15) is 29.3 Å². The summed E-state index contributed by atoms with van der Waals surface area (Å²) < 4.78 is 11.7. The number of anilines is 1. The molecule has 8 heteroatoms. The fourth-order valence-corrected chi connectivity index (χ4v) is 5.28. The number of benzene rings is 2. The summed E-state index contributed by atoms with van der Waals surface area (Å²) in [5.41, 5.74) is 3.92. The summed E-state index contributed by atoms with van der Waals surface area (Å²) in [6, 6.07) is 21.7. The van der Waals surface area contributed by atoms with Crippen molar-refractivity contribution < 1.29 is 9.35 Å². The second kappa shape index (κ2) is 11.3. The van der Waals surface area contributed by atoms with Crippen LogP contribution in [0.5, 0.6) is 0 Å². The SMILES string of the molecule is O=C(CCc1ccccc1)NC(Cc1ccc(NSO)cc1)c1csc(-c2cccs2)n1. The van der Waals surface area contributed by atoms with Crippen molar-refractivity contribution in [3.8, 4) is 9.88 Å². The third-order valence-corrected chi connectivity index (χ3v) is 7.21. The van der Waals surface area contributed by atoms with Gasteiger partial charge in [-0.15, -0.1) is 22.7 Å². The van der Waals surface area contributed by atoms with Gasteiger partial charge in [-0.2, -0.15) is 0 Å². The summed E-state index contributed by atoms with van der Waals surface area (Å²) in [6.07, 6.45) is 1.77. The molecule has 0 bridgehead atoms. The lowest BCUT2D eigenvalue weighted by Crippen LogP contribution is -2.30. The van der Waals surface area contributed by atoms with E-state index in [0.29, 0.717) is 31.5 Å². The first-order valence-corrected chi connectivity index (χ1v) is 12.7. The number of carbonyl (C=O) groups is 1. The van der Waals surface area contributed by atoms with Gasteiger partial charge >= 0.3 is 0 Å². The number of hydrogen-bond acceptors (Lipinski definition) is 7. The maximum atomic E-state index is 12.8. The first-order chi connectivity index (χ1) is 15.7. The lowest BCUT2D eigenvalue weighted by Gasteiger charge is -2.18. The maximum Gasteiger partial charge on any atom is 0.220 e. The summed E-state index contributed by atoms with van der Waals surface area (Å²) in [5.74, 6) is 0.0134. The minimum absolute atomic E-state index is 0.0134. The van der Waals surface area contributed by atoms with Gasteiger partial charge in [0.15, 0.2) is 0 Å². The maximum absolute atomic E-state index is 12.8. The molecule has 0 aliphatic heterocycles. The van der Waals surface area contributed by atoms with Gasteiger partial charge in [0.05, 0.1) is 16.6 Å². The van der Waals surface area contributed by atoms with E-state index in [9.17, 15) is 4.79 Å². The number of aromatic nitrogens is 1. The van der Waals surface area contributed by atoms with E-state index in [1.807, 2.05) is 71.4 Å². The Hall–Kier alpha value is -2.65. The predicted molar refractivity (Wildman–Crippen MR) is 135 cm³/mol. The largest absolute Gasteiger partial charge is 0.347 e. The zero-order valence-electron chi connectivity index (χ0n) is 17.2. The monoisotopic (exact) mass is 481 g/mol. The third kappa shape index (κ3) is 6.20. The first-order valence-electron chi connectivity index (χ1n) is 10.2. The second-order valence-corrected chi connectivity index (χ2v) is 9.45. The first kappa shape index (κ1) is 22.5. The highest BCUT2D eigenvalue weighted by molar-refractivity contribution is 7.95. The fraction of sp³-hybridized carbons (Fsp3) is 0.167. The van der Waals surface area contributed by atoms with Crippen molar-refractivity contribution in [2.45, 2.75) is 25.3 Å². The lowest BCUT2D eigenvalue weighted by molar-refractivity contribution is -0.121. The average Bonchev–Trinajstić information content (AvgIpc) is 3.52. The molecule has 4 aromatic rings. The topological polar surface area (TPSA) is 74.2 Å². The Balaban J connectivity index is 1.48. The van der Waals surface area contributed by atoms with Gasteiger partial charge in [-0.25, -0.2) is 4.98 Å². The van der Waals surface area contributed by atoms with Gasteiger partial charge in [0, 0.05) is 17.5 Å². The van der Waals surface area contributed by atoms with Crippen LogP contribution in [0.3, 0.4) is 0 Å². The molecule has 2 heterocycles. The van der Waals surface area contributed by atoms with Crippen LogP contribution in [0.4, 0.5) is 5.69 Å². The van der Waals surface area contributed by atoms with E-state index in [-0.39, 0.29) is 11.9 Å². The molecule has 164 valence electrons. The van der Waals surface area contributed by atoms with Crippen molar-refractivity contribution in [3.63, 3.8) is 0 Å². The Labute approximate surface area is 199 Å². The van der Waals surface area contributed by atoms with Crippen LogP contribution in [-0.2, 0) is 17.6 Å². The smallest absolute Gasteiger partial charge is 0.220 e. The second-order valence-electron chi connectivity index (χ2n) is 7.25. The van der Waals surface area contributed by atoms with Gasteiger partial charge in [0.1, 0.15) is 17.2 Å². The van der Waals surface area contributed by atoms with E-state index in [1.54, 1.807) is 22.7 Å². The summed E-state index contributed by atoms with van der Waals surface area (Å²) in [4.78, 5) is 18.8. The Morgan fingerprint density at radius 1 is 1.00 bits per heavy atom. The van der Waals surface area contributed by atoms with Crippen LogP contribution in [0.2, 0.25) is 0 Å². The van der Waals surface area contributed by atoms with Crippen molar-refractivity contribution in [3.05, 3.63) is 94.3 Å². The quantitative estimate of drug-likeness (QED) is 0.180. The zero-order valence-corrected chi connectivity index (χ0v) is 19.7. The molecular weight excluding hydrogens is 458 g/mol. The molecule has 0 aliphatic carbocycles. The van der Waals surface area contributed by atoms with Gasteiger partial charge in [-0.1, -0.05) is 48.5 Å². The molecule has 32 heavy (non-hydrogen) atoms. The molecule has 4 rings (SSSR count). The fourth-order valence-electron chi connectivity index (χ4n) is 3.36. The average molecular weight is 482 g/mol. The molecule has 0 fully saturated rings. The number of nitrogens with zero attached hydrogens (tertiary/aromatic N) is 1. The minimum atomic E-state index is -0.214. The minimum Gasteiger partial charge on any atom is -0.347 e. The van der Waals surface area contributed by atoms with Gasteiger partial charge in [-0.3, -0.25) is 4.79 Å². The van der Waals surface area contributed by atoms with Gasteiger partial charge in [0.2, 0.25) is 5.91 Å². The van der Waals surface area contributed by atoms with Crippen LogP contribution in [-0.4, -0.2) is 15.4 Å². The van der Waals surface area contributed by atoms with Crippen LogP contribution >= 0.6 is 34.9 Å². The van der Waals surface area contributed by atoms with E-state index in [4.69, 9.17) is 9.54 Å². The molecule has 5 nitrogen and oxygen atoms in total. The summed E-state index contributed by atoms with van der Waals surface area (Å²) in [5, 5.41) is 8.25. The van der Waals surface area contributed by atoms with Crippen LogP contribution in [0.25, 0.3) is 9.88 Å². The summed E-state index contributed by atoms with van der Waals surface area (Å²) >= 11 is 3.83. The normalized spacial score (nSPS) is 11.8. The number of aryl methyl sites for hydroxylation is 1. The zero-order chi connectivity index (χ0) is 22.2. The molecule has 3 N–H and O–H groups in total. The van der Waals surface area contributed by atoms with Gasteiger partial charge < -0.3 is 14.6 Å². The Morgan fingerprint density at radius 2 is 1.81 bits per heavy atom. The van der Waals surface area contributed by atoms with Crippen molar-refractivity contribution >= 4 is 46.5 Å². The molecule has 0 saturated heterocycles. The molecule has 2 aromatic heterocycles. The van der Waals surface area contributed by atoms with Crippen molar-refractivity contribution in [2.75, 3.05) is 4.72 Å². The van der Waals surface area contributed by atoms with Crippen LogP contribution < -0.4 is 10.0 Å². The van der Waals surface area contributed by atoms with E-state index in [2.05, 4.69) is 16.1 Å². The molecule has 1 unspecified atom stereocenters. The van der Waals surface area contributed by atoms with E-state index >= 15 is 0 Å². The van der Waals surface area contributed by atoms with Gasteiger partial charge in [-0.05, 0) is 47.5 Å². The number of nitrogens with one attached hydrogen (secondary N) is 2. The number of amides is 1.